The van der Waals surface area contributed by atoms with Crippen LogP contribution in [0.3, 0.4) is 0 Å². The van der Waals surface area contributed by atoms with E-state index in [0.717, 1.165) is 5.56 Å². The van der Waals surface area contributed by atoms with Gasteiger partial charge in [0.15, 0.2) is 0 Å². The van der Waals surface area contributed by atoms with E-state index >= 15 is 0 Å². The second-order valence-corrected chi connectivity index (χ2v) is 7.38. The van der Waals surface area contributed by atoms with Crippen molar-refractivity contribution in [2.24, 2.45) is 0 Å². The molecule has 0 radical (unpaired) electrons. The molecule has 0 fully saturated rings. The Balaban J connectivity index is 2.58. The molecule has 0 aliphatic heterocycles. The minimum atomic E-state index is -0.772. The molecule has 144 valence electrons. The van der Waals surface area contributed by atoms with E-state index in [0.29, 0.717) is 5.69 Å². The maximum atomic E-state index is 12.6. The average Bonchev–Trinajstić information content (AvgIpc) is 2.60. The third-order valence-corrected chi connectivity index (χ3v) is 3.90. The summed E-state index contributed by atoms with van der Waals surface area (Å²) in [6.45, 7) is 6.97. The van der Waals surface area contributed by atoms with Crippen LogP contribution in [0.15, 0.2) is 42.5 Å². The standard InChI is InChI=1S/C21H26N2O4/c1-13(24)18(14-9-7-6-8-10-14)16-11-15(20(26)27-21(2,3)4)12-17(23-16)19(25)22-5/h6-13,18,24H,1-5H3,(H,22,25). The van der Waals surface area contributed by atoms with Crippen molar-refractivity contribution in [3.63, 3.8) is 0 Å². The first-order valence-corrected chi connectivity index (χ1v) is 8.83. The predicted octanol–water partition coefficient (Wildman–Crippen LogP) is 2.91. The first-order chi connectivity index (χ1) is 12.6. The van der Waals surface area contributed by atoms with E-state index in [1.54, 1.807) is 33.8 Å². The first kappa shape index (κ1) is 20.6. The van der Waals surface area contributed by atoms with Gasteiger partial charge in [0.05, 0.1) is 23.3 Å². The van der Waals surface area contributed by atoms with Crippen LogP contribution in [0.1, 0.15) is 65.7 Å². The van der Waals surface area contributed by atoms with Crippen LogP contribution in [0.5, 0.6) is 0 Å². The molecule has 2 atom stereocenters. The summed E-state index contributed by atoms with van der Waals surface area (Å²) in [5, 5.41) is 12.9. The molecule has 0 aliphatic rings. The number of pyridine rings is 1. The Morgan fingerprint density at radius 3 is 2.30 bits per heavy atom. The number of benzene rings is 1. The maximum absolute atomic E-state index is 12.6. The van der Waals surface area contributed by atoms with Crippen molar-refractivity contribution in [2.75, 3.05) is 7.05 Å². The molecule has 6 nitrogen and oxygen atoms in total. The molecule has 2 unspecified atom stereocenters. The Labute approximate surface area is 159 Å². The van der Waals surface area contributed by atoms with Crippen LogP contribution in [0, 0.1) is 0 Å². The maximum Gasteiger partial charge on any atom is 0.338 e. The highest BCUT2D eigenvalue weighted by Gasteiger charge is 2.26. The highest BCUT2D eigenvalue weighted by Crippen LogP contribution is 2.28. The van der Waals surface area contributed by atoms with E-state index in [4.69, 9.17) is 4.74 Å². The van der Waals surface area contributed by atoms with Crippen molar-refractivity contribution in [3.05, 3.63) is 65.0 Å². The van der Waals surface area contributed by atoms with Gasteiger partial charge < -0.3 is 15.2 Å². The van der Waals surface area contributed by atoms with Crippen molar-refractivity contribution < 1.29 is 19.4 Å². The van der Waals surface area contributed by atoms with Crippen LogP contribution in [-0.4, -0.2) is 40.7 Å². The molecule has 27 heavy (non-hydrogen) atoms. The molecule has 0 aliphatic carbocycles. The van der Waals surface area contributed by atoms with Crippen LogP contribution in [0.25, 0.3) is 0 Å². The fourth-order valence-corrected chi connectivity index (χ4v) is 2.77. The van der Waals surface area contributed by atoms with E-state index in [9.17, 15) is 14.7 Å². The van der Waals surface area contributed by atoms with Gasteiger partial charge in [0, 0.05) is 7.05 Å². The minimum Gasteiger partial charge on any atom is -0.456 e. The van der Waals surface area contributed by atoms with Gasteiger partial charge in [0.25, 0.3) is 5.91 Å². The molecule has 1 amide bonds. The Morgan fingerprint density at radius 2 is 1.78 bits per heavy atom. The number of aliphatic hydroxyl groups excluding tert-OH is 1. The lowest BCUT2D eigenvalue weighted by Gasteiger charge is -2.23. The van der Waals surface area contributed by atoms with Gasteiger partial charge in [-0.05, 0) is 45.4 Å². The number of amides is 1. The molecule has 1 heterocycles. The summed E-state index contributed by atoms with van der Waals surface area (Å²) in [4.78, 5) is 29.1. The molecular weight excluding hydrogens is 344 g/mol. The number of nitrogens with zero attached hydrogens (tertiary/aromatic N) is 1. The molecule has 2 rings (SSSR count). The Hall–Kier alpha value is -2.73. The van der Waals surface area contributed by atoms with Crippen molar-refractivity contribution in [1.82, 2.24) is 10.3 Å². The molecule has 0 bridgehead atoms. The molecule has 2 N–H and O–H groups in total. The summed E-state index contributed by atoms with van der Waals surface area (Å²) in [6, 6.07) is 12.3. The van der Waals surface area contributed by atoms with Gasteiger partial charge in [0.2, 0.25) is 0 Å². The highest BCUT2D eigenvalue weighted by atomic mass is 16.6. The van der Waals surface area contributed by atoms with Crippen LogP contribution in [-0.2, 0) is 4.74 Å². The smallest absolute Gasteiger partial charge is 0.338 e. The molecule has 0 saturated carbocycles. The topological polar surface area (TPSA) is 88.5 Å². The van der Waals surface area contributed by atoms with Gasteiger partial charge in [0.1, 0.15) is 11.3 Å². The number of hydrogen-bond donors (Lipinski definition) is 2. The average molecular weight is 370 g/mol. The third kappa shape index (κ3) is 5.37. The summed E-state index contributed by atoms with van der Waals surface area (Å²) in [6.07, 6.45) is -0.772. The lowest BCUT2D eigenvalue weighted by molar-refractivity contribution is 0.00689. The Morgan fingerprint density at radius 1 is 1.15 bits per heavy atom. The number of rotatable bonds is 5. The van der Waals surface area contributed by atoms with Crippen LogP contribution >= 0.6 is 0 Å². The number of carbonyl (C=O) groups is 2. The van der Waals surface area contributed by atoms with E-state index in [1.165, 1.54) is 13.1 Å². The summed E-state index contributed by atoms with van der Waals surface area (Å²) < 4.78 is 5.43. The predicted molar refractivity (Wildman–Crippen MR) is 103 cm³/mol. The largest absolute Gasteiger partial charge is 0.456 e. The van der Waals surface area contributed by atoms with Gasteiger partial charge in [-0.3, -0.25) is 4.79 Å². The van der Waals surface area contributed by atoms with Crippen LogP contribution in [0.4, 0.5) is 0 Å². The van der Waals surface area contributed by atoms with Crippen LogP contribution in [0.2, 0.25) is 0 Å². The second-order valence-electron chi connectivity index (χ2n) is 7.38. The quantitative estimate of drug-likeness (QED) is 0.790. The Bertz CT molecular complexity index is 811. The number of carbonyl (C=O) groups excluding carboxylic acids is 2. The zero-order valence-corrected chi connectivity index (χ0v) is 16.3. The highest BCUT2D eigenvalue weighted by molar-refractivity contribution is 5.96. The summed E-state index contributed by atoms with van der Waals surface area (Å²) in [5.74, 6) is -1.45. The second kappa shape index (κ2) is 8.31. The molecule has 0 saturated heterocycles. The SMILES string of the molecule is CNC(=O)c1cc(C(=O)OC(C)(C)C)cc(C(c2ccccc2)C(C)O)n1. The molecule has 1 aromatic carbocycles. The van der Waals surface area contributed by atoms with Crippen molar-refractivity contribution in [3.8, 4) is 0 Å². The van der Waals surface area contributed by atoms with Crippen molar-refractivity contribution in [2.45, 2.75) is 45.3 Å². The summed E-state index contributed by atoms with van der Waals surface area (Å²) in [7, 11) is 1.49. The van der Waals surface area contributed by atoms with Gasteiger partial charge >= 0.3 is 5.97 Å². The summed E-state index contributed by atoms with van der Waals surface area (Å²) >= 11 is 0. The number of esters is 1. The monoisotopic (exact) mass is 370 g/mol. The van der Waals surface area contributed by atoms with Gasteiger partial charge in [-0.1, -0.05) is 30.3 Å². The van der Waals surface area contributed by atoms with Crippen LogP contribution < -0.4 is 5.32 Å². The lowest BCUT2D eigenvalue weighted by Crippen LogP contribution is -2.26. The number of ether oxygens (including phenoxy) is 1. The minimum absolute atomic E-state index is 0.0949. The molecule has 1 aromatic heterocycles. The molecular formula is C21H26N2O4. The van der Waals surface area contributed by atoms with Gasteiger partial charge in [-0.15, -0.1) is 0 Å². The molecule has 6 heteroatoms. The van der Waals surface area contributed by atoms with Crippen molar-refractivity contribution in [1.29, 1.82) is 0 Å². The zero-order valence-electron chi connectivity index (χ0n) is 16.3. The van der Waals surface area contributed by atoms with E-state index in [2.05, 4.69) is 10.3 Å². The van der Waals surface area contributed by atoms with Gasteiger partial charge in [-0.2, -0.15) is 0 Å². The fraction of sp³-hybridized carbons (Fsp3) is 0.381. The molecule has 0 spiro atoms. The zero-order chi connectivity index (χ0) is 20.2. The first-order valence-electron chi connectivity index (χ1n) is 8.83. The van der Waals surface area contributed by atoms with E-state index < -0.39 is 29.5 Å². The molecule has 2 aromatic rings. The number of aromatic nitrogens is 1. The Kier molecular flexibility index (Phi) is 6.33. The van der Waals surface area contributed by atoms with E-state index in [-0.39, 0.29) is 11.3 Å². The fourth-order valence-electron chi connectivity index (χ4n) is 2.77. The lowest BCUT2D eigenvalue weighted by atomic mass is 9.89. The summed E-state index contributed by atoms with van der Waals surface area (Å²) in [5.41, 5.74) is 0.909. The number of aliphatic hydroxyl groups is 1. The van der Waals surface area contributed by atoms with Gasteiger partial charge in [-0.25, -0.2) is 9.78 Å². The normalized spacial score (nSPS) is 13.6. The number of hydrogen-bond acceptors (Lipinski definition) is 5. The number of nitrogens with one attached hydrogen (secondary N) is 1. The van der Waals surface area contributed by atoms with Crippen molar-refractivity contribution >= 4 is 11.9 Å². The third-order valence-electron chi connectivity index (χ3n) is 3.90. The van der Waals surface area contributed by atoms with E-state index in [1.807, 2.05) is 30.3 Å².